The molecule has 0 aliphatic rings. The van der Waals surface area contributed by atoms with Crippen LogP contribution in [0.5, 0.6) is 0 Å². The van der Waals surface area contributed by atoms with E-state index in [-0.39, 0.29) is 11.7 Å². The van der Waals surface area contributed by atoms with Crippen LogP contribution in [0.2, 0.25) is 0 Å². The summed E-state index contributed by atoms with van der Waals surface area (Å²) in [5.41, 5.74) is 1.27. The number of carbonyl (C=O) groups excluding carboxylic acids is 1. The smallest absolute Gasteiger partial charge is 0.248 e. The Morgan fingerprint density at radius 2 is 2.12 bits per heavy atom. The van der Waals surface area contributed by atoms with Gasteiger partial charge >= 0.3 is 0 Å². The van der Waals surface area contributed by atoms with Crippen molar-refractivity contribution >= 4 is 27.5 Å². The lowest BCUT2D eigenvalue weighted by Gasteiger charge is -2.07. The van der Waals surface area contributed by atoms with Crippen LogP contribution in [0.15, 0.2) is 40.9 Å². The van der Waals surface area contributed by atoms with Crippen molar-refractivity contribution < 1.29 is 9.18 Å². The quantitative estimate of drug-likeness (QED) is 0.664. The Balaban J connectivity index is 2.82. The molecule has 1 aromatic carbocycles. The highest BCUT2D eigenvalue weighted by molar-refractivity contribution is 9.10. The van der Waals surface area contributed by atoms with Gasteiger partial charge in [-0.05, 0) is 47.5 Å². The standard InChI is InChI=1S/C13H13BrFNO/c1-3-4-5-6-13(17)16-12-8-10(14)11(15)7-9(12)2/h3-8H,1-2H3,(H,16,17). The van der Waals surface area contributed by atoms with E-state index in [4.69, 9.17) is 0 Å². The van der Waals surface area contributed by atoms with E-state index in [2.05, 4.69) is 21.2 Å². The number of aryl methyl sites for hydroxylation is 1. The van der Waals surface area contributed by atoms with Crippen molar-refractivity contribution in [2.24, 2.45) is 0 Å². The Kier molecular flexibility index (Phi) is 5.10. The summed E-state index contributed by atoms with van der Waals surface area (Å²) in [6, 6.07) is 2.92. The van der Waals surface area contributed by atoms with Gasteiger partial charge in [0.1, 0.15) is 5.82 Å². The summed E-state index contributed by atoms with van der Waals surface area (Å²) in [5.74, 6) is -0.588. The van der Waals surface area contributed by atoms with Gasteiger partial charge in [0.15, 0.2) is 0 Å². The fraction of sp³-hybridized carbons (Fsp3) is 0.154. The minimum absolute atomic E-state index is 0.246. The molecule has 0 bridgehead atoms. The zero-order valence-electron chi connectivity index (χ0n) is 9.63. The van der Waals surface area contributed by atoms with Crippen molar-refractivity contribution in [1.82, 2.24) is 0 Å². The summed E-state index contributed by atoms with van der Waals surface area (Å²) in [4.78, 5) is 11.5. The number of rotatable bonds is 3. The van der Waals surface area contributed by atoms with Crippen LogP contribution in [0.3, 0.4) is 0 Å². The number of allylic oxidation sites excluding steroid dienone is 3. The van der Waals surface area contributed by atoms with Crippen LogP contribution in [-0.2, 0) is 4.79 Å². The summed E-state index contributed by atoms with van der Waals surface area (Å²) >= 11 is 3.08. The first kappa shape index (κ1) is 13.6. The number of hydrogen-bond acceptors (Lipinski definition) is 1. The van der Waals surface area contributed by atoms with E-state index in [0.717, 1.165) is 0 Å². The molecule has 0 atom stereocenters. The number of nitrogens with one attached hydrogen (secondary N) is 1. The molecule has 0 aliphatic heterocycles. The zero-order valence-corrected chi connectivity index (χ0v) is 11.2. The molecule has 1 rings (SSSR count). The Morgan fingerprint density at radius 1 is 1.41 bits per heavy atom. The lowest BCUT2D eigenvalue weighted by Crippen LogP contribution is -2.09. The van der Waals surface area contributed by atoms with Crippen LogP contribution < -0.4 is 5.32 Å². The first-order valence-electron chi connectivity index (χ1n) is 5.10. The first-order valence-corrected chi connectivity index (χ1v) is 5.90. The van der Waals surface area contributed by atoms with E-state index in [0.29, 0.717) is 15.7 Å². The highest BCUT2D eigenvalue weighted by Gasteiger charge is 2.06. The van der Waals surface area contributed by atoms with Gasteiger partial charge in [-0.2, -0.15) is 0 Å². The molecule has 0 aliphatic carbocycles. The van der Waals surface area contributed by atoms with Gasteiger partial charge in [0.2, 0.25) is 5.91 Å². The van der Waals surface area contributed by atoms with Gasteiger partial charge in [-0.15, -0.1) is 0 Å². The first-order chi connectivity index (χ1) is 8.04. The molecular weight excluding hydrogens is 285 g/mol. The van der Waals surface area contributed by atoms with Crippen molar-refractivity contribution in [3.63, 3.8) is 0 Å². The molecule has 0 saturated carbocycles. The molecule has 4 heteroatoms. The van der Waals surface area contributed by atoms with Gasteiger partial charge < -0.3 is 5.32 Å². The molecule has 1 N–H and O–H groups in total. The highest BCUT2D eigenvalue weighted by Crippen LogP contribution is 2.24. The van der Waals surface area contributed by atoms with Gasteiger partial charge in [0, 0.05) is 11.8 Å². The monoisotopic (exact) mass is 297 g/mol. The maximum absolute atomic E-state index is 13.2. The van der Waals surface area contributed by atoms with E-state index >= 15 is 0 Å². The van der Waals surface area contributed by atoms with Crippen molar-refractivity contribution in [1.29, 1.82) is 0 Å². The summed E-state index contributed by atoms with van der Waals surface area (Å²) < 4.78 is 13.5. The predicted molar refractivity (Wildman–Crippen MR) is 71.4 cm³/mol. The SMILES string of the molecule is CC=CC=CC(=O)Nc1cc(Br)c(F)cc1C. The van der Waals surface area contributed by atoms with Gasteiger partial charge in [0.25, 0.3) is 0 Å². The van der Waals surface area contributed by atoms with Crippen molar-refractivity contribution in [2.75, 3.05) is 5.32 Å². The molecule has 0 heterocycles. The topological polar surface area (TPSA) is 29.1 Å². The molecule has 0 unspecified atom stereocenters. The van der Waals surface area contributed by atoms with Crippen LogP contribution in [0.25, 0.3) is 0 Å². The van der Waals surface area contributed by atoms with Crippen molar-refractivity contribution in [3.8, 4) is 0 Å². The Labute approximate surface area is 108 Å². The van der Waals surface area contributed by atoms with Gasteiger partial charge in [-0.1, -0.05) is 18.2 Å². The number of carbonyl (C=O) groups is 1. The van der Waals surface area contributed by atoms with Crippen LogP contribution in [0, 0.1) is 12.7 Å². The van der Waals surface area contributed by atoms with E-state index in [1.807, 2.05) is 13.0 Å². The molecule has 1 amide bonds. The molecule has 0 spiro atoms. The number of halogens is 2. The van der Waals surface area contributed by atoms with E-state index in [9.17, 15) is 9.18 Å². The molecule has 0 fully saturated rings. The third-order valence-corrected chi connectivity index (χ3v) is 2.68. The molecule has 17 heavy (non-hydrogen) atoms. The Morgan fingerprint density at radius 3 is 2.76 bits per heavy atom. The number of anilines is 1. The van der Waals surface area contributed by atoms with Gasteiger partial charge in [-0.3, -0.25) is 4.79 Å². The molecule has 1 aromatic rings. The lowest BCUT2D eigenvalue weighted by molar-refractivity contribution is -0.111. The summed E-state index contributed by atoms with van der Waals surface area (Å²) in [6.07, 6.45) is 6.64. The number of amides is 1. The summed E-state index contributed by atoms with van der Waals surface area (Å²) in [7, 11) is 0. The third kappa shape index (κ3) is 4.15. The minimum atomic E-state index is -0.343. The largest absolute Gasteiger partial charge is 0.322 e. The van der Waals surface area contributed by atoms with Crippen LogP contribution in [0.1, 0.15) is 12.5 Å². The molecule has 0 aromatic heterocycles. The molecule has 0 radical (unpaired) electrons. The molecular formula is C13H13BrFNO. The van der Waals surface area contributed by atoms with Crippen LogP contribution in [0.4, 0.5) is 10.1 Å². The zero-order chi connectivity index (χ0) is 12.8. The number of benzene rings is 1. The van der Waals surface area contributed by atoms with Gasteiger partial charge in [-0.25, -0.2) is 4.39 Å². The Hall–Kier alpha value is -1.42. The van der Waals surface area contributed by atoms with Crippen molar-refractivity contribution in [2.45, 2.75) is 13.8 Å². The maximum atomic E-state index is 13.2. The summed E-state index contributed by atoms with van der Waals surface area (Å²) in [6.45, 7) is 3.60. The van der Waals surface area contributed by atoms with Gasteiger partial charge in [0.05, 0.1) is 4.47 Å². The minimum Gasteiger partial charge on any atom is -0.322 e. The Bertz CT molecular complexity index is 481. The van der Waals surface area contributed by atoms with E-state index in [1.54, 1.807) is 25.1 Å². The third-order valence-electron chi connectivity index (χ3n) is 2.08. The average molecular weight is 298 g/mol. The fourth-order valence-electron chi connectivity index (χ4n) is 1.21. The van der Waals surface area contributed by atoms with Crippen molar-refractivity contribution in [3.05, 3.63) is 52.3 Å². The van der Waals surface area contributed by atoms with Crippen LogP contribution in [-0.4, -0.2) is 5.91 Å². The average Bonchev–Trinajstić information content (AvgIpc) is 2.26. The lowest BCUT2D eigenvalue weighted by atomic mass is 10.2. The normalized spacial score (nSPS) is 11.3. The second-order valence-corrected chi connectivity index (χ2v) is 4.31. The van der Waals surface area contributed by atoms with E-state index < -0.39 is 0 Å². The molecule has 2 nitrogen and oxygen atoms in total. The number of hydrogen-bond donors (Lipinski definition) is 1. The maximum Gasteiger partial charge on any atom is 0.248 e. The highest BCUT2D eigenvalue weighted by atomic mass is 79.9. The fourth-order valence-corrected chi connectivity index (χ4v) is 1.55. The predicted octanol–water partition coefficient (Wildman–Crippen LogP) is 3.97. The summed E-state index contributed by atoms with van der Waals surface area (Å²) in [5, 5.41) is 2.68. The van der Waals surface area contributed by atoms with E-state index in [1.165, 1.54) is 12.1 Å². The molecule has 0 saturated heterocycles. The second-order valence-electron chi connectivity index (χ2n) is 3.46. The second kappa shape index (κ2) is 6.35. The molecule has 90 valence electrons. The van der Waals surface area contributed by atoms with Crippen LogP contribution >= 0.6 is 15.9 Å².